The average Bonchev–Trinajstić information content (AvgIpc) is 3.29. The Hall–Kier alpha value is -2.91. The van der Waals surface area contributed by atoms with Gasteiger partial charge in [-0.3, -0.25) is 4.90 Å². The number of nitrogens with one attached hydrogen (secondary N) is 1. The number of aromatic nitrogens is 1. The zero-order valence-electron chi connectivity index (χ0n) is 19.8. The number of ether oxygens (including phenoxy) is 5. The van der Waals surface area contributed by atoms with Crippen LogP contribution >= 0.6 is 11.3 Å². The molecule has 9 heteroatoms. The second-order valence-electron chi connectivity index (χ2n) is 8.64. The summed E-state index contributed by atoms with van der Waals surface area (Å²) < 4.78 is 29.5. The standard InChI is InChI=1S/C25H31N3O5S/c1-29-21-12-18-24(23(31-3)22(21)30-2)34-25(27-18)26-13-16-8-10-28(11-9-16)14-17-15-32-19-6-4-5-7-20(19)33-17/h4-7,12,16-17H,8-11,13-15H2,1-3H3,(H,26,27)/t17-/m0/s1. The molecule has 3 aromatic rings. The van der Waals surface area contributed by atoms with E-state index in [1.807, 2.05) is 30.3 Å². The predicted molar refractivity (Wildman–Crippen MR) is 133 cm³/mol. The van der Waals surface area contributed by atoms with Crippen molar-refractivity contribution in [1.82, 2.24) is 9.88 Å². The van der Waals surface area contributed by atoms with Crippen LogP contribution in [0.5, 0.6) is 28.7 Å². The van der Waals surface area contributed by atoms with Crippen molar-refractivity contribution in [2.24, 2.45) is 5.92 Å². The number of anilines is 1. The van der Waals surface area contributed by atoms with Crippen molar-refractivity contribution >= 4 is 26.7 Å². The summed E-state index contributed by atoms with van der Waals surface area (Å²) >= 11 is 1.58. The number of piperidine rings is 1. The molecule has 1 N–H and O–H groups in total. The number of likely N-dealkylation sites (tertiary alicyclic amines) is 1. The Kier molecular flexibility index (Phi) is 6.82. The van der Waals surface area contributed by atoms with Crippen molar-refractivity contribution in [3.8, 4) is 28.7 Å². The Morgan fingerprint density at radius 3 is 2.56 bits per heavy atom. The predicted octanol–water partition coefficient (Wildman–Crippen LogP) is 4.29. The highest BCUT2D eigenvalue weighted by molar-refractivity contribution is 7.22. The molecule has 0 aliphatic carbocycles. The molecule has 1 saturated heterocycles. The van der Waals surface area contributed by atoms with Crippen LogP contribution in [0.15, 0.2) is 30.3 Å². The molecule has 2 aliphatic rings. The topological polar surface area (TPSA) is 74.3 Å². The zero-order chi connectivity index (χ0) is 23.5. The van der Waals surface area contributed by atoms with Crippen molar-refractivity contribution < 1.29 is 23.7 Å². The third-order valence-corrected chi connectivity index (χ3v) is 7.49. The van der Waals surface area contributed by atoms with Gasteiger partial charge in [-0.2, -0.15) is 0 Å². The summed E-state index contributed by atoms with van der Waals surface area (Å²) in [6.45, 7) is 4.54. The number of nitrogens with zero attached hydrogens (tertiary/aromatic N) is 2. The average molecular weight is 486 g/mol. The lowest BCUT2D eigenvalue weighted by atomic mass is 9.96. The molecule has 1 fully saturated rings. The molecule has 0 saturated carbocycles. The molecular weight excluding hydrogens is 454 g/mol. The van der Waals surface area contributed by atoms with Gasteiger partial charge in [0.05, 0.1) is 26.8 Å². The highest BCUT2D eigenvalue weighted by Crippen LogP contribution is 2.46. The lowest BCUT2D eigenvalue weighted by Gasteiger charge is -2.35. The SMILES string of the molecule is COc1cc2nc(NCC3CCN(C[C@H]4COc5ccccc5O4)CC3)sc2c(OC)c1OC. The van der Waals surface area contributed by atoms with Gasteiger partial charge in [-0.1, -0.05) is 23.5 Å². The summed E-state index contributed by atoms with van der Waals surface area (Å²) in [7, 11) is 4.87. The fourth-order valence-corrected chi connectivity index (χ4v) is 5.62. The lowest BCUT2D eigenvalue weighted by molar-refractivity contribution is 0.0485. The van der Waals surface area contributed by atoms with Gasteiger partial charge in [0.1, 0.15) is 17.4 Å². The second kappa shape index (κ2) is 10.1. The molecular formula is C25H31N3O5S. The molecule has 0 unspecified atom stereocenters. The minimum Gasteiger partial charge on any atom is -0.493 e. The van der Waals surface area contributed by atoms with Gasteiger partial charge in [-0.05, 0) is 44.0 Å². The zero-order valence-corrected chi connectivity index (χ0v) is 20.7. The number of para-hydroxylation sites is 2. The van der Waals surface area contributed by atoms with Gasteiger partial charge in [-0.25, -0.2) is 4.98 Å². The van der Waals surface area contributed by atoms with Crippen molar-refractivity contribution in [3.05, 3.63) is 30.3 Å². The Morgan fingerprint density at radius 2 is 1.82 bits per heavy atom. The number of methoxy groups -OCH3 is 3. The van der Waals surface area contributed by atoms with Crippen LogP contribution in [0.4, 0.5) is 5.13 Å². The van der Waals surface area contributed by atoms with Crippen LogP contribution in [0.3, 0.4) is 0 Å². The van der Waals surface area contributed by atoms with Crippen LogP contribution in [-0.2, 0) is 0 Å². The maximum atomic E-state index is 6.13. The number of benzene rings is 2. The molecule has 5 rings (SSSR count). The van der Waals surface area contributed by atoms with Gasteiger partial charge in [0, 0.05) is 19.2 Å². The molecule has 182 valence electrons. The maximum Gasteiger partial charge on any atom is 0.204 e. The van der Waals surface area contributed by atoms with Crippen LogP contribution in [-0.4, -0.2) is 70.1 Å². The first kappa shape index (κ1) is 22.9. The molecule has 1 aromatic heterocycles. The summed E-state index contributed by atoms with van der Waals surface area (Å²) in [6, 6.07) is 9.78. The molecule has 2 aliphatic heterocycles. The summed E-state index contributed by atoms with van der Waals surface area (Å²) in [5, 5.41) is 4.43. The highest BCUT2D eigenvalue weighted by atomic mass is 32.1. The Balaban J connectivity index is 1.14. The molecule has 0 radical (unpaired) electrons. The molecule has 3 heterocycles. The molecule has 0 spiro atoms. The van der Waals surface area contributed by atoms with E-state index < -0.39 is 0 Å². The Labute approximate surface area is 203 Å². The Bertz CT molecular complexity index is 1130. The first-order chi connectivity index (χ1) is 16.7. The van der Waals surface area contributed by atoms with Crippen molar-refractivity contribution in [3.63, 3.8) is 0 Å². The van der Waals surface area contributed by atoms with Gasteiger partial charge in [0.15, 0.2) is 28.1 Å². The quantitative estimate of drug-likeness (QED) is 0.507. The third kappa shape index (κ3) is 4.67. The van der Waals surface area contributed by atoms with Crippen LogP contribution in [0.1, 0.15) is 12.8 Å². The molecule has 1 atom stereocenters. The van der Waals surface area contributed by atoms with E-state index in [4.69, 9.17) is 28.7 Å². The van der Waals surface area contributed by atoms with E-state index in [0.29, 0.717) is 29.8 Å². The van der Waals surface area contributed by atoms with E-state index in [1.54, 1.807) is 32.7 Å². The second-order valence-corrected chi connectivity index (χ2v) is 9.63. The van der Waals surface area contributed by atoms with Crippen molar-refractivity contribution in [2.45, 2.75) is 18.9 Å². The largest absolute Gasteiger partial charge is 0.493 e. The normalized spacial score (nSPS) is 18.6. The molecule has 8 nitrogen and oxygen atoms in total. The van der Waals surface area contributed by atoms with E-state index in [2.05, 4.69) is 10.2 Å². The number of thiazole rings is 1. The van der Waals surface area contributed by atoms with Gasteiger partial charge in [0.25, 0.3) is 0 Å². The summed E-state index contributed by atoms with van der Waals surface area (Å²) in [4.78, 5) is 7.24. The van der Waals surface area contributed by atoms with E-state index in [0.717, 1.165) is 65.9 Å². The fraction of sp³-hybridized carbons (Fsp3) is 0.480. The number of hydrogen-bond donors (Lipinski definition) is 1. The van der Waals surface area contributed by atoms with Crippen molar-refractivity contribution in [1.29, 1.82) is 0 Å². The monoisotopic (exact) mass is 485 g/mol. The molecule has 2 aromatic carbocycles. The smallest absolute Gasteiger partial charge is 0.204 e. The summed E-state index contributed by atoms with van der Waals surface area (Å²) in [5.74, 6) is 4.17. The van der Waals surface area contributed by atoms with E-state index >= 15 is 0 Å². The molecule has 0 bridgehead atoms. The minimum absolute atomic E-state index is 0.0799. The van der Waals surface area contributed by atoms with Crippen LogP contribution in [0.2, 0.25) is 0 Å². The fourth-order valence-electron chi connectivity index (χ4n) is 4.65. The minimum atomic E-state index is 0.0799. The van der Waals surface area contributed by atoms with E-state index in [1.165, 1.54) is 0 Å². The van der Waals surface area contributed by atoms with E-state index in [-0.39, 0.29) is 6.10 Å². The highest BCUT2D eigenvalue weighted by Gasteiger charge is 2.26. The van der Waals surface area contributed by atoms with Gasteiger partial charge < -0.3 is 29.0 Å². The third-order valence-electron chi connectivity index (χ3n) is 6.46. The number of hydrogen-bond acceptors (Lipinski definition) is 9. The first-order valence-corrected chi connectivity index (χ1v) is 12.4. The van der Waals surface area contributed by atoms with Crippen molar-refractivity contribution in [2.75, 3.05) is 59.4 Å². The molecule has 0 amide bonds. The van der Waals surface area contributed by atoms with Crippen LogP contribution in [0.25, 0.3) is 10.2 Å². The van der Waals surface area contributed by atoms with Gasteiger partial charge >= 0.3 is 0 Å². The first-order valence-electron chi connectivity index (χ1n) is 11.6. The maximum absolute atomic E-state index is 6.13. The van der Waals surface area contributed by atoms with Gasteiger partial charge in [-0.15, -0.1) is 0 Å². The number of rotatable bonds is 8. The van der Waals surface area contributed by atoms with Crippen LogP contribution in [0, 0.1) is 5.92 Å². The number of fused-ring (bicyclic) bond motifs is 2. The van der Waals surface area contributed by atoms with Gasteiger partial charge in [0.2, 0.25) is 5.75 Å². The summed E-state index contributed by atoms with van der Waals surface area (Å²) in [6.07, 6.45) is 2.37. The Morgan fingerprint density at radius 1 is 1.06 bits per heavy atom. The summed E-state index contributed by atoms with van der Waals surface area (Å²) in [5.41, 5.74) is 0.841. The molecule has 34 heavy (non-hydrogen) atoms. The van der Waals surface area contributed by atoms with E-state index in [9.17, 15) is 0 Å². The lowest BCUT2D eigenvalue weighted by Crippen LogP contribution is -2.44. The van der Waals surface area contributed by atoms with Crippen LogP contribution < -0.4 is 29.0 Å².